The number of amides is 2. The fourth-order valence-corrected chi connectivity index (χ4v) is 2.79. The largest absolute Gasteiger partial charge is 0.422 e. The van der Waals surface area contributed by atoms with Gasteiger partial charge < -0.3 is 20.1 Å². The summed E-state index contributed by atoms with van der Waals surface area (Å²) < 4.78 is 3.06. The summed E-state index contributed by atoms with van der Waals surface area (Å²) in [6.07, 6.45) is 0.536. The molecule has 3 atom stereocenters. The van der Waals surface area contributed by atoms with Crippen molar-refractivity contribution in [1.82, 2.24) is 10.2 Å². The third kappa shape index (κ3) is 5.27. The summed E-state index contributed by atoms with van der Waals surface area (Å²) in [6.45, 7) is 3.24. The van der Waals surface area contributed by atoms with Crippen LogP contribution >= 0.6 is 15.9 Å². The maximum atomic E-state index is 12.2. The highest BCUT2D eigenvalue weighted by Gasteiger charge is 2.44. The number of carbonyl (C=O) groups is 3. The highest BCUT2D eigenvalue weighted by atomic mass is 79.9. The van der Waals surface area contributed by atoms with Gasteiger partial charge >= 0.3 is 5.97 Å². The molecule has 0 aromatic heterocycles. The summed E-state index contributed by atoms with van der Waals surface area (Å²) in [5.41, 5.74) is 0.859. The molecule has 2 rings (SSSR count). The number of ether oxygens (including phenoxy) is 1. The Labute approximate surface area is 154 Å². The molecule has 1 saturated heterocycles. The predicted octanol–water partition coefficient (Wildman–Crippen LogP) is 0.939. The van der Waals surface area contributed by atoms with E-state index in [1.807, 2.05) is 30.3 Å². The predicted molar refractivity (Wildman–Crippen MR) is 93.5 cm³/mol. The molecule has 3 unspecified atom stereocenters. The van der Waals surface area contributed by atoms with Crippen LogP contribution in [0.5, 0.6) is 0 Å². The molecule has 0 spiro atoms. The lowest BCUT2D eigenvalue weighted by Gasteiger charge is -2.42. The van der Waals surface area contributed by atoms with Gasteiger partial charge in [0.1, 0.15) is 12.1 Å². The number of esters is 1. The van der Waals surface area contributed by atoms with E-state index in [0.717, 1.165) is 5.56 Å². The van der Waals surface area contributed by atoms with Gasteiger partial charge in [-0.2, -0.15) is 0 Å². The van der Waals surface area contributed by atoms with Gasteiger partial charge in [0.2, 0.25) is 11.8 Å². The zero-order valence-electron chi connectivity index (χ0n) is 14.1. The molecule has 0 aliphatic carbocycles. The van der Waals surface area contributed by atoms with E-state index in [-0.39, 0.29) is 24.8 Å². The quantitative estimate of drug-likeness (QED) is 0.300. The van der Waals surface area contributed by atoms with Crippen LogP contribution in [0.3, 0.4) is 0 Å². The summed E-state index contributed by atoms with van der Waals surface area (Å²) in [4.78, 5) is 37.7. The first-order valence-electron chi connectivity index (χ1n) is 7.99. The maximum absolute atomic E-state index is 12.2. The number of carbonyl (C=O) groups excluding carboxylic acids is 3. The molecule has 2 N–H and O–H groups in total. The van der Waals surface area contributed by atoms with Crippen LogP contribution in [0.2, 0.25) is 0 Å². The lowest BCUT2D eigenvalue weighted by molar-refractivity contribution is -0.182. The fourth-order valence-electron chi connectivity index (χ4n) is 2.63. The smallest absolute Gasteiger partial charge is 0.331 e. The maximum Gasteiger partial charge on any atom is 0.331 e. The minimum absolute atomic E-state index is 0.191. The Morgan fingerprint density at radius 2 is 2.08 bits per heavy atom. The topological polar surface area (TPSA) is 95.9 Å². The van der Waals surface area contributed by atoms with E-state index in [2.05, 4.69) is 21.2 Å². The molecule has 1 aliphatic heterocycles. The lowest BCUT2D eigenvalue weighted by atomic mass is 10.0. The molecule has 1 aliphatic rings. The minimum Gasteiger partial charge on any atom is -0.422 e. The number of aliphatic hydroxyl groups is 1. The van der Waals surface area contributed by atoms with Gasteiger partial charge in [-0.1, -0.05) is 37.3 Å². The van der Waals surface area contributed by atoms with Gasteiger partial charge in [-0.15, -0.1) is 0 Å². The van der Waals surface area contributed by atoms with E-state index in [1.165, 1.54) is 11.8 Å². The monoisotopic (exact) mass is 412 g/mol. The first-order chi connectivity index (χ1) is 11.7. The number of hydrogen-bond donors (Lipinski definition) is 2. The third-order valence-electron chi connectivity index (χ3n) is 3.83. The van der Waals surface area contributed by atoms with Crippen LogP contribution in [-0.2, 0) is 25.5 Å². The molecular weight excluding hydrogens is 392 g/mol. The number of β-lactam (4-membered cyclic amide) rings is 1. The fraction of sp³-hybridized carbons (Fsp3) is 0.471. The van der Waals surface area contributed by atoms with Crippen LogP contribution in [0.1, 0.15) is 25.8 Å². The van der Waals surface area contributed by atoms with Gasteiger partial charge in [0.05, 0.1) is 13.0 Å². The Morgan fingerprint density at radius 3 is 2.60 bits per heavy atom. The second kappa shape index (κ2) is 7.97. The van der Waals surface area contributed by atoms with Crippen LogP contribution in [0, 0.1) is 0 Å². The summed E-state index contributed by atoms with van der Waals surface area (Å²) in [5, 5.41) is 12.2. The van der Waals surface area contributed by atoms with Crippen molar-refractivity contribution in [3.05, 3.63) is 35.9 Å². The van der Waals surface area contributed by atoms with E-state index < -0.39 is 22.7 Å². The third-order valence-corrected chi connectivity index (χ3v) is 3.99. The van der Waals surface area contributed by atoms with E-state index >= 15 is 0 Å². The SMILES string of the molecule is CCC(C(=O)OC(C)(O)Br)N1CC(NC(=O)Cc2ccccc2)C1=O. The standard InChI is InChI=1S/C17H21BrN2O5/c1-3-13(16(23)25-17(2,18)24)20-10-12(15(20)22)19-14(21)9-11-7-5-4-6-8-11/h4-8,12-13,24H,3,9-10H2,1-2H3,(H,19,21). The molecule has 1 heterocycles. The van der Waals surface area contributed by atoms with E-state index in [0.29, 0.717) is 6.42 Å². The minimum atomic E-state index is -1.78. The highest BCUT2D eigenvalue weighted by Crippen LogP contribution is 2.22. The van der Waals surface area contributed by atoms with Crippen LogP contribution in [-0.4, -0.2) is 51.1 Å². The normalized spacial score (nSPS) is 20.2. The Bertz CT molecular complexity index is 644. The first-order valence-corrected chi connectivity index (χ1v) is 8.78. The molecule has 1 aromatic rings. The second-order valence-electron chi connectivity index (χ2n) is 5.99. The molecule has 136 valence electrons. The van der Waals surface area contributed by atoms with Gasteiger partial charge in [-0.25, -0.2) is 4.79 Å². The number of alkyl halides is 1. The molecule has 1 aromatic carbocycles. The van der Waals surface area contributed by atoms with Gasteiger partial charge in [0.15, 0.2) is 0 Å². The number of halogens is 1. The Balaban J connectivity index is 1.87. The van der Waals surface area contributed by atoms with Gasteiger partial charge in [-0.05, 0) is 27.9 Å². The number of nitrogens with one attached hydrogen (secondary N) is 1. The highest BCUT2D eigenvalue weighted by molar-refractivity contribution is 9.09. The van der Waals surface area contributed by atoms with Crippen molar-refractivity contribution >= 4 is 33.7 Å². The van der Waals surface area contributed by atoms with Crippen LogP contribution in [0.15, 0.2) is 30.3 Å². The number of benzene rings is 1. The molecular formula is C17H21BrN2O5. The van der Waals surface area contributed by atoms with Gasteiger partial charge in [0.25, 0.3) is 4.70 Å². The Hall–Kier alpha value is -1.93. The number of likely N-dealkylation sites (tertiary alicyclic amines) is 1. The zero-order chi connectivity index (χ0) is 18.6. The molecule has 0 saturated carbocycles. The van der Waals surface area contributed by atoms with E-state index in [4.69, 9.17) is 4.74 Å². The van der Waals surface area contributed by atoms with Crippen LogP contribution < -0.4 is 5.32 Å². The number of nitrogens with zero attached hydrogens (tertiary/aromatic N) is 1. The van der Waals surface area contributed by atoms with E-state index in [1.54, 1.807) is 6.92 Å². The molecule has 8 heteroatoms. The van der Waals surface area contributed by atoms with E-state index in [9.17, 15) is 19.5 Å². The van der Waals surface area contributed by atoms with Crippen LogP contribution in [0.25, 0.3) is 0 Å². The molecule has 1 fully saturated rings. The van der Waals surface area contributed by atoms with Crippen molar-refractivity contribution < 1.29 is 24.2 Å². The average molecular weight is 413 g/mol. The first kappa shape index (κ1) is 19.4. The number of rotatable bonds is 7. The summed E-state index contributed by atoms with van der Waals surface area (Å²) in [5.74, 6) is -1.28. The summed E-state index contributed by atoms with van der Waals surface area (Å²) in [6, 6.07) is 7.79. The molecule has 25 heavy (non-hydrogen) atoms. The van der Waals surface area contributed by atoms with Crippen molar-refractivity contribution in [2.45, 2.75) is 43.5 Å². The molecule has 0 radical (unpaired) electrons. The number of hydrogen-bond acceptors (Lipinski definition) is 5. The Morgan fingerprint density at radius 1 is 1.44 bits per heavy atom. The summed E-state index contributed by atoms with van der Waals surface area (Å²) in [7, 11) is 0. The second-order valence-corrected chi connectivity index (χ2v) is 7.46. The zero-order valence-corrected chi connectivity index (χ0v) is 15.7. The Kier molecular flexibility index (Phi) is 6.18. The van der Waals surface area contributed by atoms with Gasteiger partial charge in [-0.3, -0.25) is 9.59 Å². The molecule has 0 bridgehead atoms. The van der Waals surface area contributed by atoms with Crippen molar-refractivity contribution in [2.75, 3.05) is 6.54 Å². The van der Waals surface area contributed by atoms with Gasteiger partial charge in [0, 0.05) is 6.92 Å². The molecule has 2 amide bonds. The molecule has 7 nitrogen and oxygen atoms in total. The van der Waals surface area contributed by atoms with Crippen molar-refractivity contribution in [3.8, 4) is 0 Å². The van der Waals surface area contributed by atoms with Crippen molar-refractivity contribution in [2.24, 2.45) is 0 Å². The van der Waals surface area contributed by atoms with Crippen LogP contribution in [0.4, 0.5) is 0 Å². The lowest BCUT2D eigenvalue weighted by Crippen LogP contribution is -2.68. The average Bonchev–Trinajstić information content (AvgIpc) is 2.53. The van der Waals surface area contributed by atoms with Crippen molar-refractivity contribution in [1.29, 1.82) is 0 Å². The van der Waals surface area contributed by atoms with Crippen molar-refractivity contribution in [3.63, 3.8) is 0 Å². The summed E-state index contributed by atoms with van der Waals surface area (Å²) >= 11 is 2.81.